The highest BCUT2D eigenvalue weighted by molar-refractivity contribution is 5.78. The van der Waals surface area contributed by atoms with Crippen LogP contribution in [0.5, 0.6) is 0 Å². The van der Waals surface area contributed by atoms with Gasteiger partial charge in [0.05, 0.1) is 0 Å². The molecule has 2 nitrogen and oxygen atoms in total. The molecule has 2 aliphatic heterocycles. The van der Waals surface area contributed by atoms with Crippen molar-refractivity contribution in [3.63, 3.8) is 0 Å². The maximum Gasteiger partial charge on any atom is 0.206 e. The summed E-state index contributed by atoms with van der Waals surface area (Å²) >= 11 is 0. The van der Waals surface area contributed by atoms with Crippen molar-refractivity contribution in [3.05, 3.63) is 61.7 Å². The molecule has 0 saturated heterocycles. The van der Waals surface area contributed by atoms with Gasteiger partial charge >= 0.3 is 0 Å². The van der Waals surface area contributed by atoms with Crippen LogP contribution in [0.2, 0.25) is 0 Å². The predicted molar refractivity (Wildman–Crippen MR) is 115 cm³/mol. The third-order valence-electron chi connectivity index (χ3n) is 7.32. The van der Waals surface area contributed by atoms with E-state index in [2.05, 4.69) is 56.5 Å². The minimum absolute atomic E-state index is 1.09. The van der Waals surface area contributed by atoms with Gasteiger partial charge in [0, 0.05) is 36.8 Å². The molecule has 2 heterocycles. The molecule has 0 aromatic heterocycles. The zero-order chi connectivity index (χ0) is 18.9. The highest BCUT2D eigenvalue weighted by Crippen LogP contribution is 2.38. The molecule has 0 N–H and O–H groups in total. The molecule has 0 spiro atoms. The van der Waals surface area contributed by atoms with Crippen LogP contribution < -0.4 is 20.1 Å². The van der Waals surface area contributed by atoms with Gasteiger partial charge in [-0.1, -0.05) is 0 Å². The van der Waals surface area contributed by atoms with Crippen molar-refractivity contribution in [3.8, 4) is 0 Å². The molecular weight excluding hydrogens is 328 g/mol. The normalized spacial score (nSPS) is 18.0. The SMILES string of the molecule is CC1=c2cc3c(c(C)c2Cc2c1cc1c(c2C)N(C)CCC1)=[N+](C)CCC3. The van der Waals surface area contributed by atoms with Crippen LogP contribution in [0, 0.1) is 13.8 Å². The van der Waals surface area contributed by atoms with E-state index < -0.39 is 0 Å². The number of fused-ring (bicyclic) bond motifs is 4. The average Bonchev–Trinajstić information content (AvgIpc) is 2.64. The molecule has 2 aromatic rings. The summed E-state index contributed by atoms with van der Waals surface area (Å²) in [6.07, 6.45) is 6.08. The average molecular weight is 360 g/mol. The second kappa shape index (κ2) is 5.95. The van der Waals surface area contributed by atoms with Crippen molar-refractivity contribution in [2.24, 2.45) is 0 Å². The number of benzene rings is 2. The molecule has 0 amide bonds. The van der Waals surface area contributed by atoms with E-state index in [1.807, 2.05) is 0 Å². The number of rotatable bonds is 0. The van der Waals surface area contributed by atoms with Gasteiger partial charge in [-0.05, 0) is 97.2 Å². The molecule has 0 fully saturated rings. The van der Waals surface area contributed by atoms with Gasteiger partial charge in [-0.3, -0.25) is 0 Å². The van der Waals surface area contributed by atoms with Crippen LogP contribution in [-0.2, 0) is 19.3 Å². The van der Waals surface area contributed by atoms with E-state index in [9.17, 15) is 0 Å². The van der Waals surface area contributed by atoms with Crippen molar-refractivity contribution in [1.82, 2.24) is 4.58 Å². The number of hydrogen-bond acceptors (Lipinski definition) is 1. The van der Waals surface area contributed by atoms with E-state index in [0.29, 0.717) is 0 Å². The maximum atomic E-state index is 2.52. The second-order valence-corrected chi connectivity index (χ2v) is 8.92. The Balaban J connectivity index is 1.85. The van der Waals surface area contributed by atoms with Crippen molar-refractivity contribution in [2.45, 2.75) is 52.9 Å². The summed E-state index contributed by atoms with van der Waals surface area (Å²) in [5.74, 6) is 0. The number of anilines is 1. The van der Waals surface area contributed by atoms with Crippen molar-refractivity contribution >= 4 is 11.3 Å². The van der Waals surface area contributed by atoms with E-state index in [0.717, 1.165) is 6.42 Å². The fraction of sp³-hybridized carbons (Fsp3) is 0.480. The zero-order valence-corrected chi connectivity index (χ0v) is 17.5. The minimum Gasteiger partial charge on any atom is -0.374 e. The van der Waals surface area contributed by atoms with Gasteiger partial charge in [0.2, 0.25) is 5.36 Å². The van der Waals surface area contributed by atoms with Gasteiger partial charge < -0.3 is 4.90 Å². The summed E-state index contributed by atoms with van der Waals surface area (Å²) in [6.45, 7) is 9.44. The number of hydrogen-bond donors (Lipinski definition) is 0. The summed E-state index contributed by atoms with van der Waals surface area (Å²) in [6, 6.07) is 5.04. The molecule has 5 rings (SSSR count). The van der Waals surface area contributed by atoms with Crippen molar-refractivity contribution in [2.75, 3.05) is 32.1 Å². The third kappa shape index (κ3) is 2.35. The van der Waals surface area contributed by atoms with Crippen LogP contribution in [-0.4, -0.2) is 27.2 Å². The number of nitrogens with zero attached hydrogens (tertiary/aromatic N) is 2. The molecule has 1 aliphatic carbocycles. The Kier molecular flexibility index (Phi) is 3.76. The van der Waals surface area contributed by atoms with Gasteiger partial charge in [-0.15, -0.1) is 0 Å². The monoisotopic (exact) mass is 359 g/mol. The molecule has 140 valence electrons. The molecule has 2 heteroatoms. The summed E-state index contributed by atoms with van der Waals surface area (Å²) in [7, 11) is 4.53. The minimum atomic E-state index is 1.09. The maximum absolute atomic E-state index is 2.52. The predicted octanol–water partition coefficient (Wildman–Crippen LogP) is 2.88. The molecule has 0 unspecified atom stereocenters. The van der Waals surface area contributed by atoms with E-state index in [4.69, 9.17) is 0 Å². The van der Waals surface area contributed by atoms with Crippen molar-refractivity contribution in [1.29, 1.82) is 0 Å². The van der Waals surface area contributed by atoms with Crippen LogP contribution in [0.1, 0.15) is 58.7 Å². The van der Waals surface area contributed by atoms with Crippen molar-refractivity contribution < 1.29 is 0 Å². The highest BCUT2D eigenvalue weighted by Gasteiger charge is 2.27. The van der Waals surface area contributed by atoms with Crippen LogP contribution in [0.15, 0.2) is 12.1 Å². The lowest BCUT2D eigenvalue weighted by atomic mass is 9.79. The fourth-order valence-corrected chi connectivity index (χ4v) is 5.96. The number of aryl methyl sites for hydroxylation is 2. The Bertz CT molecular complexity index is 1100. The fourth-order valence-electron chi connectivity index (χ4n) is 5.96. The summed E-state index contributed by atoms with van der Waals surface area (Å²) in [4.78, 5) is 2.48. The Labute approximate surface area is 162 Å². The first-order chi connectivity index (χ1) is 13.0. The molecule has 0 bridgehead atoms. The Morgan fingerprint density at radius 1 is 0.926 bits per heavy atom. The lowest BCUT2D eigenvalue weighted by molar-refractivity contribution is 0.583. The first-order valence-electron chi connectivity index (χ1n) is 10.5. The largest absolute Gasteiger partial charge is 0.374 e. The Morgan fingerprint density at radius 2 is 1.70 bits per heavy atom. The first-order valence-corrected chi connectivity index (χ1v) is 10.5. The summed E-state index contributed by atoms with van der Waals surface area (Å²) < 4.78 is 2.48. The van der Waals surface area contributed by atoms with Crippen LogP contribution in [0.3, 0.4) is 0 Å². The van der Waals surface area contributed by atoms with E-state index in [1.165, 1.54) is 77.3 Å². The van der Waals surface area contributed by atoms with Gasteiger partial charge in [0.15, 0.2) is 0 Å². The molecule has 0 saturated carbocycles. The summed E-state index contributed by atoms with van der Waals surface area (Å²) in [5.41, 5.74) is 13.8. The zero-order valence-electron chi connectivity index (χ0n) is 17.5. The van der Waals surface area contributed by atoms with E-state index in [-0.39, 0.29) is 0 Å². The molecule has 2 aromatic carbocycles. The van der Waals surface area contributed by atoms with Crippen LogP contribution in [0.4, 0.5) is 5.69 Å². The van der Waals surface area contributed by atoms with Gasteiger partial charge in [-0.2, -0.15) is 0 Å². The molecule has 0 atom stereocenters. The lowest BCUT2D eigenvalue weighted by Gasteiger charge is -2.33. The lowest BCUT2D eigenvalue weighted by Crippen LogP contribution is -2.40. The van der Waals surface area contributed by atoms with Crippen LogP contribution >= 0.6 is 0 Å². The summed E-state index contributed by atoms with van der Waals surface area (Å²) in [5, 5.41) is 3.02. The van der Waals surface area contributed by atoms with Gasteiger partial charge in [0.1, 0.15) is 13.6 Å². The molecule has 3 aliphatic rings. The standard InChI is InChI=1S/C25H31N2/c1-15-20-12-18-8-6-10-26(4)24(18)16(2)22(20)14-23-17(3)25-19(13-21(15)23)9-7-11-27(25)5/h12-13H,6-11,14H2,1-5H3/q+1. The molecular formula is C25H31N2+. The molecule has 0 radical (unpaired) electrons. The van der Waals surface area contributed by atoms with Gasteiger partial charge in [-0.25, -0.2) is 4.58 Å². The first kappa shape index (κ1) is 17.0. The Morgan fingerprint density at radius 3 is 2.52 bits per heavy atom. The topological polar surface area (TPSA) is 6.25 Å². The molecule has 27 heavy (non-hydrogen) atoms. The second-order valence-electron chi connectivity index (χ2n) is 8.92. The quantitative estimate of drug-likeness (QED) is 0.656. The van der Waals surface area contributed by atoms with E-state index in [1.54, 1.807) is 22.3 Å². The highest BCUT2D eigenvalue weighted by atomic mass is 15.1. The van der Waals surface area contributed by atoms with Crippen LogP contribution in [0.25, 0.3) is 5.57 Å². The Hall–Kier alpha value is -2.09. The van der Waals surface area contributed by atoms with Gasteiger partial charge in [0.25, 0.3) is 0 Å². The third-order valence-corrected chi connectivity index (χ3v) is 7.32. The van der Waals surface area contributed by atoms with E-state index >= 15 is 0 Å². The smallest absolute Gasteiger partial charge is 0.206 e.